The average molecular weight is 295 g/mol. The van der Waals surface area contributed by atoms with Crippen LogP contribution in [-0.2, 0) is 6.54 Å². The first kappa shape index (κ1) is 13.9. The second kappa shape index (κ2) is 6.07. The third-order valence-electron chi connectivity index (χ3n) is 2.45. The van der Waals surface area contributed by atoms with Gasteiger partial charge in [-0.2, -0.15) is 0 Å². The highest BCUT2D eigenvalue weighted by Crippen LogP contribution is 2.21. The Balaban J connectivity index is 2.03. The second-order valence-corrected chi connectivity index (χ2v) is 4.32. The quantitative estimate of drug-likeness (QED) is 0.692. The number of carboxylic acid groups (broad SMARTS) is 1. The molecule has 0 atom stereocenters. The summed E-state index contributed by atoms with van der Waals surface area (Å²) in [4.78, 5) is 29.4. The highest BCUT2D eigenvalue weighted by atomic mass is 35.5. The number of aromatic carboxylic acids is 1. The van der Waals surface area contributed by atoms with Crippen LogP contribution in [0.5, 0.6) is 0 Å². The molecule has 0 fully saturated rings. The molecule has 8 heteroatoms. The van der Waals surface area contributed by atoms with Gasteiger partial charge in [0, 0.05) is 11.2 Å². The molecular formula is C12H11ClN4O3. The number of hydrogen-bond acceptors (Lipinski definition) is 3. The predicted molar refractivity (Wildman–Crippen MR) is 72.9 cm³/mol. The van der Waals surface area contributed by atoms with Crippen LogP contribution in [0.1, 0.15) is 16.1 Å². The van der Waals surface area contributed by atoms with E-state index in [9.17, 15) is 9.59 Å². The van der Waals surface area contributed by atoms with Crippen molar-refractivity contribution in [2.24, 2.45) is 0 Å². The van der Waals surface area contributed by atoms with Crippen LogP contribution in [-0.4, -0.2) is 27.1 Å². The minimum atomic E-state index is -1.15. The van der Waals surface area contributed by atoms with Gasteiger partial charge in [-0.05, 0) is 18.2 Å². The van der Waals surface area contributed by atoms with Crippen LogP contribution in [0.3, 0.4) is 0 Å². The van der Waals surface area contributed by atoms with Crippen molar-refractivity contribution in [2.75, 3.05) is 5.32 Å². The van der Waals surface area contributed by atoms with Gasteiger partial charge in [-0.1, -0.05) is 11.6 Å². The van der Waals surface area contributed by atoms with Gasteiger partial charge in [0.25, 0.3) is 0 Å². The zero-order chi connectivity index (χ0) is 14.5. The Bertz CT molecular complexity index is 628. The zero-order valence-electron chi connectivity index (χ0n) is 10.2. The van der Waals surface area contributed by atoms with Gasteiger partial charge in [0.1, 0.15) is 0 Å². The number of nitrogens with one attached hydrogen (secondary N) is 3. The number of carboxylic acids is 1. The fourth-order valence-corrected chi connectivity index (χ4v) is 1.70. The Kier molecular flexibility index (Phi) is 4.21. The Morgan fingerprint density at radius 2 is 2.20 bits per heavy atom. The predicted octanol–water partition coefficient (Wildman–Crippen LogP) is 2.08. The van der Waals surface area contributed by atoms with E-state index in [-0.39, 0.29) is 17.8 Å². The Labute approximate surface area is 119 Å². The normalized spacial score (nSPS) is 10.1. The van der Waals surface area contributed by atoms with Crippen molar-refractivity contribution in [2.45, 2.75) is 6.54 Å². The monoisotopic (exact) mass is 294 g/mol. The maximum absolute atomic E-state index is 11.7. The van der Waals surface area contributed by atoms with E-state index in [2.05, 4.69) is 20.6 Å². The molecule has 2 amide bonds. The van der Waals surface area contributed by atoms with Crippen molar-refractivity contribution in [3.8, 4) is 0 Å². The van der Waals surface area contributed by atoms with Crippen LogP contribution in [0.15, 0.2) is 30.7 Å². The third kappa shape index (κ3) is 3.48. The smallest absolute Gasteiger partial charge is 0.337 e. The van der Waals surface area contributed by atoms with Gasteiger partial charge in [0.2, 0.25) is 0 Å². The summed E-state index contributed by atoms with van der Waals surface area (Å²) in [5.74, 6) is -1.15. The number of rotatable bonds is 4. The zero-order valence-corrected chi connectivity index (χ0v) is 10.9. The minimum Gasteiger partial charge on any atom is -0.478 e. The molecule has 4 N–H and O–H groups in total. The lowest BCUT2D eigenvalue weighted by atomic mass is 10.2. The standard InChI is InChI=1S/C12H11ClN4O3/c13-7-1-2-9(11(18)19)10(3-7)17-12(20)15-5-8-4-14-6-16-8/h1-4,6H,5H2,(H,14,16)(H,18,19)(H2,15,17,20). The SMILES string of the molecule is O=C(NCc1cnc[nH]1)Nc1cc(Cl)ccc1C(=O)O. The number of amides is 2. The van der Waals surface area contributed by atoms with E-state index in [4.69, 9.17) is 16.7 Å². The molecule has 1 heterocycles. The molecule has 0 saturated carbocycles. The van der Waals surface area contributed by atoms with Gasteiger partial charge >= 0.3 is 12.0 Å². The Morgan fingerprint density at radius 1 is 1.40 bits per heavy atom. The maximum Gasteiger partial charge on any atom is 0.337 e. The molecule has 0 aliphatic carbocycles. The fourth-order valence-electron chi connectivity index (χ4n) is 1.53. The van der Waals surface area contributed by atoms with Gasteiger partial charge in [-0.3, -0.25) is 0 Å². The molecule has 2 rings (SSSR count). The molecule has 104 valence electrons. The van der Waals surface area contributed by atoms with Crippen LogP contribution in [0.2, 0.25) is 5.02 Å². The van der Waals surface area contributed by atoms with Crippen LogP contribution >= 0.6 is 11.6 Å². The number of nitrogens with zero attached hydrogens (tertiary/aromatic N) is 1. The largest absolute Gasteiger partial charge is 0.478 e. The summed E-state index contributed by atoms with van der Waals surface area (Å²) in [6.07, 6.45) is 3.07. The van der Waals surface area contributed by atoms with Crippen molar-refractivity contribution < 1.29 is 14.7 Å². The number of urea groups is 1. The van der Waals surface area contributed by atoms with E-state index in [1.54, 1.807) is 6.20 Å². The lowest BCUT2D eigenvalue weighted by molar-refractivity contribution is 0.0698. The second-order valence-electron chi connectivity index (χ2n) is 3.88. The molecule has 0 aliphatic heterocycles. The number of carbonyl (C=O) groups excluding carboxylic acids is 1. The number of benzene rings is 1. The molecule has 1 aromatic carbocycles. The van der Waals surface area contributed by atoms with E-state index in [1.165, 1.54) is 24.5 Å². The number of aromatic amines is 1. The summed E-state index contributed by atoms with van der Waals surface area (Å²) in [7, 11) is 0. The Morgan fingerprint density at radius 3 is 2.85 bits per heavy atom. The lowest BCUT2D eigenvalue weighted by Gasteiger charge is -2.09. The number of hydrogen-bond donors (Lipinski definition) is 4. The van der Waals surface area contributed by atoms with Crippen LogP contribution in [0.4, 0.5) is 10.5 Å². The van der Waals surface area contributed by atoms with Crippen LogP contribution in [0.25, 0.3) is 0 Å². The molecule has 0 unspecified atom stereocenters. The summed E-state index contributed by atoms with van der Waals surface area (Å²) >= 11 is 5.79. The van der Waals surface area contributed by atoms with Gasteiger partial charge in [0.05, 0.1) is 29.8 Å². The lowest BCUT2D eigenvalue weighted by Crippen LogP contribution is -2.29. The molecule has 0 aliphatic rings. The molecule has 1 aromatic heterocycles. The van der Waals surface area contributed by atoms with Crippen molar-refractivity contribution in [1.29, 1.82) is 0 Å². The Hall–Kier alpha value is -2.54. The molecule has 7 nitrogen and oxygen atoms in total. The molecule has 0 saturated heterocycles. The summed E-state index contributed by atoms with van der Waals surface area (Å²) < 4.78 is 0. The molecule has 0 bridgehead atoms. The van der Waals surface area contributed by atoms with Crippen molar-refractivity contribution in [1.82, 2.24) is 15.3 Å². The van der Waals surface area contributed by atoms with E-state index in [0.29, 0.717) is 5.02 Å². The first-order valence-electron chi connectivity index (χ1n) is 5.61. The summed E-state index contributed by atoms with van der Waals surface area (Å²) in [6.45, 7) is 0.245. The fraction of sp³-hybridized carbons (Fsp3) is 0.0833. The summed E-state index contributed by atoms with van der Waals surface area (Å²) in [5, 5.41) is 14.4. The first-order valence-corrected chi connectivity index (χ1v) is 5.99. The van der Waals surface area contributed by atoms with Gasteiger partial charge in [-0.15, -0.1) is 0 Å². The molecule has 0 spiro atoms. The van der Waals surface area contributed by atoms with Crippen LogP contribution in [0, 0.1) is 0 Å². The number of imidazole rings is 1. The van der Waals surface area contributed by atoms with Crippen molar-refractivity contribution in [3.63, 3.8) is 0 Å². The number of H-pyrrole nitrogens is 1. The maximum atomic E-state index is 11.7. The van der Waals surface area contributed by atoms with E-state index in [1.807, 2.05) is 0 Å². The highest BCUT2D eigenvalue weighted by molar-refractivity contribution is 6.31. The first-order chi connectivity index (χ1) is 9.56. The van der Waals surface area contributed by atoms with E-state index in [0.717, 1.165) is 5.69 Å². The van der Waals surface area contributed by atoms with Gasteiger partial charge < -0.3 is 20.7 Å². The van der Waals surface area contributed by atoms with Crippen molar-refractivity contribution in [3.05, 3.63) is 47.0 Å². The van der Waals surface area contributed by atoms with E-state index >= 15 is 0 Å². The number of carbonyl (C=O) groups is 2. The van der Waals surface area contributed by atoms with Crippen LogP contribution < -0.4 is 10.6 Å². The minimum absolute atomic E-state index is 0.0360. The average Bonchev–Trinajstić information content (AvgIpc) is 2.89. The summed E-state index contributed by atoms with van der Waals surface area (Å²) in [6, 6.07) is 3.61. The molecule has 0 radical (unpaired) electrons. The van der Waals surface area contributed by atoms with Gasteiger partial charge in [-0.25, -0.2) is 14.6 Å². The third-order valence-corrected chi connectivity index (χ3v) is 2.69. The molecular weight excluding hydrogens is 284 g/mol. The van der Waals surface area contributed by atoms with Crippen molar-refractivity contribution >= 4 is 29.3 Å². The van der Waals surface area contributed by atoms with E-state index < -0.39 is 12.0 Å². The number of aromatic nitrogens is 2. The number of halogens is 1. The topological polar surface area (TPSA) is 107 Å². The number of anilines is 1. The highest BCUT2D eigenvalue weighted by Gasteiger charge is 2.12. The molecule has 20 heavy (non-hydrogen) atoms. The molecule has 2 aromatic rings. The summed E-state index contributed by atoms with van der Waals surface area (Å²) in [5.41, 5.74) is 0.822. The van der Waals surface area contributed by atoms with Gasteiger partial charge in [0.15, 0.2) is 0 Å².